The van der Waals surface area contributed by atoms with Crippen molar-refractivity contribution in [2.24, 2.45) is 0 Å². The fraction of sp³-hybridized carbons (Fsp3) is 0.350. The van der Waals surface area contributed by atoms with Crippen LogP contribution in [0.2, 0.25) is 0 Å². The molecule has 0 radical (unpaired) electrons. The van der Waals surface area contributed by atoms with Crippen molar-refractivity contribution in [3.05, 3.63) is 54.4 Å². The second-order valence-electron chi connectivity index (χ2n) is 6.26. The third-order valence-corrected chi connectivity index (χ3v) is 4.44. The summed E-state index contributed by atoms with van der Waals surface area (Å²) in [6.45, 7) is 5.49. The molecule has 1 aliphatic rings. The lowest BCUT2D eigenvalue weighted by Gasteiger charge is -2.29. The van der Waals surface area contributed by atoms with Crippen molar-refractivity contribution in [2.45, 2.75) is 6.92 Å². The van der Waals surface area contributed by atoms with Gasteiger partial charge in [-0.1, -0.05) is 0 Å². The zero-order valence-electron chi connectivity index (χ0n) is 15.4. The minimum atomic E-state index is -0.229. The van der Waals surface area contributed by atoms with Crippen LogP contribution >= 0.6 is 0 Å². The van der Waals surface area contributed by atoms with Gasteiger partial charge in [0.1, 0.15) is 6.54 Å². The Morgan fingerprint density at radius 3 is 2.56 bits per heavy atom. The van der Waals surface area contributed by atoms with Gasteiger partial charge in [0, 0.05) is 43.4 Å². The van der Waals surface area contributed by atoms with Gasteiger partial charge in [-0.3, -0.25) is 14.6 Å². The van der Waals surface area contributed by atoms with Gasteiger partial charge in [-0.2, -0.15) is 0 Å². The Kier molecular flexibility index (Phi) is 6.38. The van der Waals surface area contributed by atoms with Crippen molar-refractivity contribution in [1.29, 1.82) is 0 Å². The molecule has 1 aliphatic heterocycles. The zero-order valence-corrected chi connectivity index (χ0v) is 15.4. The van der Waals surface area contributed by atoms with Gasteiger partial charge in [0.15, 0.2) is 0 Å². The largest absolute Gasteiger partial charge is 0.378 e. The number of aromatic nitrogens is 1. The van der Waals surface area contributed by atoms with Crippen LogP contribution in [-0.4, -0.2) is 61.1 Å². The topological polar surface area (TPSA) is 74.8 Å². The highest BCUT2D eigenvalue weighted by Gasteiger charge is 2.17. The predicted molar refractivity (Wildman–Crippen MR) is 104 cm³/mol. The number of morpholine rings is 1. The molecule has 0 spiro atoms. The first-order valence-electron chi connectivity index (χ1n) is 9.09. The normalized spacial score (nSPS) is 13.9. The van der Waals surface area contributed by atoms with Crippen molar-refractivity contribution in [2.75, 3.05) is 49.6 Å². The average molecular weight is 368 g/mol. The lowest BCUT2D eigenvalue weighted by molar-refractivity contribution is -0.116. The number of carbonyl (C=O) groups excluding carboxylic acids is 2. The van der Waals surface area contributed by atoms with Gasteiger partial charge in [0.25, 0.3) is 5.91 Å². The number of rotatable bonds is 6. The number of nitrogens with one attached hydrogen (secondary N) is 1. The first-order chi connectivity index (χ1) is 13.2. The van der Waals surface area contributed by atoms with Gasteiger partial charge >= 0.3 is 0 Å². The highest BCUT2D eigenvalue weighted by molar-refractivity contribution is 5.99. The Hall–Kier alpha value is -2.93. The molecule has 1 saturated heterocycles. The third-order valence-electron chi connectivity index (χ3n) is 4.44. The van der Waals surface area contributed by atoms with Crippen molar-refractivity contribution in [3.8, 4) is 0 Å². The van der Waals surface area contributed by atoms with E-state index in [-0.39, 0.29) is 18.4 Å². The van der Waals surface area contributed by atoms with E-state index in [1.165, 1.54) is 11.1 Å². The summed E-state index contributed by atoms with van der Waals surface area (Å²) in [6, 6.07) is 11.1. The van der Waals surface area contributed by atoms with Crippen LogP contribution in [0.25, 0.3) is 0 Å². The Labute approximate surface area is 158 Å². The maximum atomic E-state index is 12.5. The molecular formula is C20H24N4O3. The minimum absolute atomic E-state index is 0.00452. The molecule has 27 heavy (non-hydrogen) atoms. The first kappa shape index (κ1) is 18.8. The maximum absolute atomic E-state index is 12.5. The minimum Gasteiger partial charge on any atom is -0.378 e. The number of likely N-dealkylation sites (N-methyl/N-ethyl adjacent to an activating group) is 1. The molecule has 142 valence electrons. The quantitative estimate of drug-likeness (QED) is 0.844. The fourth-order valence-electron chi connectivity index (χ4n) is 2.95. The van der Waals surface area contributed by atoms with Crippen LogP contribution in [0.1, 0.15) is 17.3 Å². The van der Waals surface area contributed by atoms with Crippen LogP contribution in [0.4, 0.5) is 11.4 Å². The lowest BCUT2D eigenvalue weighted by atomic mass is 10.2. The van der Waals surface area contributed by atoms with E-state index < -0.39 is 0 Å². The number of pyridine rings is 1. The van der Waals surface area contributed by atoms with Gasteiger partial charge < -0.3 is 19.9 Å². The molecule has 7 nitrogen and oxygen atoms in total. The van der Waals surface area contributed by atoms with E-state index in [0.717, 1.165) is 32.0 Å². The molecular weight excluding hydrogens is 344 g/mol. The van der Waals surface area contributed by atoms with Crippen molar-refractivity contribution >= 4 is 23.2 Å². The molecule has 1 aromatic heterocycles. The lowest BCUT2D eigenvalue weighted by Crippen LogP contribution is -2.38. The van der Waals surface area contributed by atoms with Crippen LogP contribution < -0.4 is 10.2 Å². The summed E-state index contributed by atoms with van der Waals surface area (Å²) < 4.78 is 5.36. The van der Waals surface area contributed by atoms with E-state index in [9.17, 15) is 9.59 Å². The third kappa shape index (κ3) is 5.04. The Bertz CT molecular complexity index is 759. The number of anilines is 2. The van der Waals surface area contributed by atoms with Gasteiger partial charge in [-0.15, -0.1) is 0 Å². The highest BCUT2D eigenvalue weighted by atomic mass is 16.5. The van der Waals surface area contributed by atoms with Gasteiger partial charge in [-0.25, -0.2) is 0 Å². The van der Waals surface area contributed by atoms with Crippen molar-refractivity contribution in [3.63, 3.8) is 0 Å². The number of hydrogen-bond donors (Lipinski definition) is 1. The van der Waals surface area contributed by atoms with E-state index in [1.54, 1.807) is 18.3 Å². The van der Waals surface area contributed by atoms with Gasteiger partial charge in [-0.05, 0) is 43.3 Å². The predicted octanol–water partition coefficient (Wildman–Crippen LogP) is 2.02. The van der Waals surface area contributed by atoms with Crippen molar-refractivity contribution < 1.29 is 14.3 Å². The number of carbonyl (C=O) groups is 2. The summed E-state index contributed by atoms with van der Waals surface area (Å²) >= 11 is 0. The summed E-state index contributed by atoms with van der Waals surface area (Å²) in [5.74, 6) is -0.434. The molecule has 0 saturated carbocycles. The van der Waals surface area contributed by atoms with Gasteiger partial charge in [0.05, 0.1) is 18.8 Å². The van der Waals surface area contributed by atoms with E-state index in [4.69, 9.17) is 4.74 Å². The number of benzene rings is 1. The Morgan fingerprint density at radius 1 is 1.19 bits per heavy atom. The molecule has 0 unspecified atom stereocenters. The Morgan fingerprint density at radius 2 is 1.93 bits per heavy atom. The monoisotopic (exact) mass is 368 g/mol. The molecule has 2 heterocycles. The molecule has 2 aromatic rings. The molecule has 3 rings (SSSR count). The molecule has 7 heteroatoms. The SMILES string of the molecule is CCN(CC(=O)Nc1ccc(N2CCOCC2)cc1)C(=O)c1cccnc1. The molecule has 0 bridgehead atoms. The second kappa shape index (κ2) is 9.14. The molecule has 2 amide bonds. The molecule has 0 atom stereocenters. The van der Waals surface area contributed by atoms with Crippen LogP contribution in [0, 0.1) is 0 Å². The van der Waals surface area contributed by atoms with E-state index in [2.05, 4.69) is 15.2 Å². The number of amides is 2. The van der Waals surface area contributed by atoms with E-state index >= 15 is 0 Å². The zero-order chi connectivity index (χ0) is 19.1. The molecule has 1 N–H and O–H groups in total. The Balaban J connectivity index is 1.57. The number of hydrogen-bond acceptors (Lipinski definition) is 5. The molecule has 0 aliphatic carbocycles. The fourth-order valence-corrected chi connectivity index (χ4v) is 2.95. The van der Waals surface area contributed by atoms with Crippen LogP contribution in [-0.2, 0) is 9.53 Å². The summed E-state index contributed by atoms with van der Waals surface area (Å²) in [6.07, 6.45) is 3.12. The summed E-state index contributed by atoms with van der Waals surface area (Å²) in [4.78, 5) is 32.5. The summed E-state index contributed by atoms with van der Waals surface area (Å²) in [5.41, 5.74) is 2.29. The van der Waals surface area contributed by atoms with Gasteiger partial charge in [0.2, 0.25) is 5.91 Å². The summed E-state index contributed by atoms with van der Waals surface area (Å²) in [5, 5.41) is 2.85. The first-order valence-corrected chi connectivity index (χ1v) is 9.09. The number of nitrogens with zero attached hydrogens (tertiary/aromatic N) is 3. The standard InChI is InChI=1S/C20H24N4O3/c1-2-23(20(26)16-4-3-9-21-14-16)15-19(25)22-17-5-7-18(8-6-17)24-10-12-27-13-11-24/h3-9,14H,2,10-13,15H2,1H3,(H,22,25). The van der Waals surface area contributed by atoms with Crippen LogP contribution in [0.3, 0.4) is 0 Å². The van der Waals surface area contributed by atoms with Crippen molar-refractivity contribution in [1.82, 2.24) is 9.88 Å². The second-order valence-corrected chi connectivity index (χ2v) is 6.26. The van der Waals surface area contributed by atoms with Crippen LogP contribution in [0.15, 0.2) is 48.8 Å². The average Bonchev–Trinajstić information content (AvgIpc) is 2.73. The van der Waals surface area contributed by atoms with Crippen LogP contribution in [0.5, 0.6) is 0 Å². The molecule has 1 fully saturated rings. The summed E-state index contributed by atoms with van der Waals surface area (Å²) in [7, 11) is 0. The maximum Gasteiger partial charge on any atom is 0.255 e. The smallest absolute Gasteiger partial charge is 0.255 e. The van der Waals surface area contributed by atoms with E-state index in [0.29, 0.717) is 17.8 Å². The molecule has 1 aromatic carbocycles. The number of ether oxygens (including phenoxy) is 1. The highest BCUT2D eigenvalue weighted by Crippen LogP contribution is 2.19. The van der Waals surface area contributed by atoms with E-state index in [1.807, 2.05) is 31.2 Å².